The van der Waals surface area contributed by atoms with Crippen LogP contribution in [0.3, 0.4) is 0 Å². The number of amides is 1. The molecule has 1 heterocycles. The molecule has 1 amide bonds. The van der Waals surface area contributed by atoms with E-state index in [1.165, 1.54) is 12.1 Å². The van der Waals surface area contributed by atoms with E-state index in [2.05, 4.69) is 12.2 Å². The molecule has 1 saturated heterocycles. The fraction of sp³-hybridized carbons (Fsp3) is 0.588. The summed E-state index contributed by atoms with van der Waals surface area (Å²) in [5.41, 5.74) is 0.867. The summed E-state index contributed by atoms with van der Waals surface area (Å²) >= 11 is 1.72. The molecule has 0 bridgehead atoms. The second-order valence-corrected chi connectivity index (χ2v) is 7.12. The van der Waals surface area contributed by atoms with E-state index in [-0.39, 0.29) is 35.4 Å². The van der Waals surface area contributed by atoms with Crippen molar-refractivity contribution in [2.75, 3.05) is 25.4 Å². The van der Waals surface area contributed by atoms with E-state index in [4.69, 9.17) is 0 Å². The van der Waals surface area contributed by atoms with Gasteiger partial charge >= 0.3 is 0 Å². The lowest BCUT2D eigenvalue weighted by Crippen LogP contribution is -2.50. The first kappa shape index (κ1) is 20.3. The van der Waals surface area contributed by atoms with Crippen molar-refractivity contribution in [2.24, 2.45) is 0 Å². The highest BCUT2D eigenvalue weighted by molar-refractivity contribution is 8.00. The first-order valence-electron chi connectivity index (χ1n) is 8.01. The lowest BCUT2D eigenvalue weighted by atomic mass is 10.0. The molecule has 0 spiro atoms. The van der Waals surface area contributed by atoms with E-state index in [0.29, 0.717) is 13.1 Å². The molecular weight excluding hydrogens is 335 g/mol. The van der Waals surface area contributed by atoms with Crippen LogP contribution in [0.1, 0.15) is 38.3 Å². The molecule has 3 nitrogen and oxygen atoms in total. The number of carbonyl (C=O) groups is 1. The highest BCUT2D eigenvalue weighted by atomic mass is 35.5. The molecule has 1 aliphatic heterocycles. The van der Waals surface area contributed by atoms with Gasteiger partial charge in [-0.3, -0.25) is 4.79 Å². The Kier molecular flexibility index (Phi) is 8.95. The number of halogens is 2. The molecule has 1 fully saturated rings. The van der Waals surface area contributed by atoms with Gasteiger partial charge in [-0.15, -0.1) is 24.2 Å². The smallest absolute Gasteiger partial charge is 0.236 e. The molecule has 0 radical (unpaired) electrons. The van der Waals surface area contributed by atoms with Gasteiger partial charge in [0.05, 0.1) is 11.3 Å². The van der Waals surface area contributed by atoms with Gasteiger partial charge in [0.25, 0.3) is 0 Å². The van der Waals surface area contributed by atoms with Crippen LogP contribution in [0.4, 0.5) is 4.39 Å². The van der Waals surface area contributed by atoms with Crippen LogP contribution in [0.15, 0.2) is 24.3 Å². The van der Waals surface area contributed by atoms with Crippen molar-refractivity contribution in [1.82, 2.24) is 10.2 Å². The summed E-state index contributed by atoms with van der Waals surface area (Å²) in [5, 5.41) is 3.26. The second kappa shape index (κ2) is 10.2. The monoisotopic (exact) mass is 360 g/mol. The number of rotatable bonds is 6. The zero-order valence-electron chi connectivity index (χ0n) is 13.8. The van der Waals surface area contributed by atoms with Gasteiger partial charge in [0, 0.05) is 19.6 Å². The fourth-order valence-corrected chi connectivity index (χ4v) is 3.78. The summed E-state index contributed by atoms with van der Waals surface area (Å²) in [4.78, 5) is 14.7. The van der Waals surface area contributed by atoms with Crippen LogP contribution in [0, 0.1) is 5.82 Å². The first-order chi connectivity index (χ1) is 10.6. The topological polar surface area (TPSA) is 32.3 Å². The van der Waals surface area contributed by atoms with Gasteiger partial charge in [-0.05, 0) is 36.8 Å². The van der Waals surface area contributed by atoms with Crippen LogP contribution in [0.5, 0.6) is 0 Å². The summed E-state index contributed by atoms with van der Waals surface area (Å²) in [7, 11) is 0. The molecule has 0 aromatic heterocycles. The first-order valence-corrected chi connectivity index (χ1v) is 9.06. The molecule has 1 aromatic rings. The molecular formula is C17H26ClFN2OS. The second-order valence-electron chi connectivity index (χ2n) is 5.67. The van der Waals surface area contributed by atoms with Crippen molar-refractivity contribution in [2.45, 2.75) is 38.0 Å². The Labute approximate surface area is 148 Å². The Morgan fingerprint density at radius 3 is 3.00 bits per heavy atom. The molecule has 2 rings (SSSR count). The zero-order chi connectivity index (χ0) is 15.9. The maximum Gasteiger partial charge on any atom is 0.236 e. The Morgan fingerprint density at radius 2 is 2.30 bits per heavy atom. The lowest BCUT2D eigenvalue weighted by molar-refractivity contribution is -0.133. The predicted molar refractivity (Wildman–Crippen MR) is 97.8 cm³/mol. The Balaban J connectivity index is 0.00000264. The minimum atomic E-state index is -0.249. The summed E-state index contributed by atoms with van der Waals surface area (Å²) < 4.78 is 13.5. The SMILES string of the molecule is CCCCSC(C)C(=O)N1CCNCC1c1cccc(F)c1.Cl. The number of benzene rings is 1. The van der Waals surface area contributed by atoms with Crippen LogP contribution < -0.4 is 5.32 Å². The average molecular weight is 361 g/mol. The van der Waals surface area contributed by atoms with Gasteiger partial charge in [0.2, 0.25) is 5.91 Å². The number of nitrogens with zero attached hydrogens (tertiary/aromatic N) is 1. The Morgan fingerprint density at radius 1 is 1.52 bits per heavy atom. The number of unbranched alkanes of at least 4 members (excludes halogenated alkanes) is 1. The van der Waals surface area contributed by atoms with Crippen molar-refractivity contribution >= 4 is 30.1 Å². The number of nitrogens with one attached hydrogen (secondary N) is 1. The van der Waals surface area contributed by atoms with Gasteiger partial charge in [-0.25, -0.2) is 4.39 Å². The normalized spacial score (nSPS) is 19.1. The molecule has 130 valence electrons. The standard InChI is InChI=1S/C17H25FN2OS.ClH/c1-3-4-10-22-13(2)17(21)20-9-8-19-12-16(20)14-6-5-7-15(18)11-14;/h5-7,11,13,16,19H,3-4,8-10,12H2,1-2H3;1H. The zero-order valence-corrected chi connectivity index (χ0v) is 15.4. The minimum absolute atomic E-state index is 0. The van der Waals surface area contributed by atoms with Crippen molar-refractivity contribution < 1.29 is 9.18 Å². The summed E-state index contributed by atoms with van der Waals surface area (Å²) in [6.45, 7) is 6.29. The molecule has 1 aromatic carbocycles. The van der Waals surface area contributed by atoms with E-state index in [1.807, 2.05) is 17.9 Å². The van der Waals surface area contributed by atoms with E-state index in [9.17, 15) is 9.18 Å². The molecule has 1 N–H and O–H groups in total. The Hall–Kier alpha value is -0.780. The number of hydrogen-bond donors (Lipinski definition) is 1. The molecule has 23 heavy (non-hydrogen) atoms. The van der Waals surface area contributed by atoms with E-state index in [1.54, 1.807) is 17.8 Å². The predicted octanol–water partition coefficient (Wildman–Crippen LogP) is 3.64. The minimum Gasteiger partial charge on any atom is -0.332 e. The fourth-order valence-electron chi connectivity index (χ4n) is 2.69. The lowest BCUT2D eigenvalue weighted by Gasteiger charge is -2.38. The highest BCUT2D eigenvalue weighted by Gasteiger charge is 2.30. The van der Waals surface area contributed by atoms with Gasteiger partial charge in [0.1, 0.15) is 5.82 Å². The largest absolute Gasteiger partial charge is 0.332 e. The van der Waals surface area contributed by atoms with Crippen molar-refractivity contribution in [1.29, 1.82) is 0 Å². The summed E-state index contributed by atoms with van der Waals surface area (Å²) in [6.07, 6.45) is 2.28. The van der Waals surface area contributed by atoms with Crippen molar-refractivity contribution in [3.8, 4) is 0 Å². The average Bonchev–Trinajstić information content (AvgIpc) is 2.54. The van der Waals surface area contributed by atoms with Crippen LogP contribution in [0.2, 0.25) is 0 Å². The third-order valence-corrected chi connectivity index (χ3v) is 5.20. The Bertz CT molecular complexity index is 503. The molecule has 2 unspecified atom stereocenters. The molecule has 2 atom stereocenters. The highest BCUT2D eigenvalue weighted by Crippen LogP contribution is 2.26. The number of hydrogen-bond acceptors (Lipinski definition) is 3. The molecule has 1 aliphatic rings. The van der Waals surface area contributed by atoms with Crippen LogP contribution in [-0.4, -0.2) is 41.4 Å². The van der Waals surface area contributed by atoms with Crippen molar-refractivity contribution in [3.05, 3.63) is 35.6 Å². The van der Waals surface area contributed by atoms with Crippen molar-refractivity contribution in [3.63, 3.8) is 0 Å². The quantitative estimate of drug-likeness (QED) is 0.786. The number of thioether (sulfide) groups is 1. The molecule has 0 aliphatic carbocycles. The van der Waals surface area contributed by atoms with Gasteiger partial charge in [-0.1, -0.05) is 25.5 Å². The van der Waals surface area contributed by atoms with Gasteiger partial charge < -0.3 is 10.2 Å². The van der Waals surface area contributed by atoms with Crippen LogP contribution in [0.25, 0.3) is 0 Å². The number of piperazine rings is 1. The van der Waals surface area contributed by atoms with E-state index >= 15 is 0 Å². The number of carbonyl (C=O) groups excluding carboxylic acids is 1. The third-order valence-electron chi connectivity index (χ3n) is 3.97. The maximum absolute atomic E-state index is 13.5. The van der Waals surface area contributed by atoms with Gasteiger partial charge in [0.15, 0.2) is 0 Å². The van der Waals surface area contributed by atoms with Gasteiger partial charge in [-0.2, -0.15) is 0 Å². The molecule has 0 saturated carbocycles. The maximum atomic E-state index is 13.5. The summed E-state index contributed by atoms with van der Waals surface area (Å²) in [6, 6.07) is 6.50. The third kappa shape index (κ3) is 5.66. The van der Waals surface area contributed by atoms with E-state index in [0.717, 1.165) is 30.7 Å². The molecule has 6 heteroatoms. The van der Waals surface area contributed by atoms with Crippen LogP contribution >= 0.6 is 24.2 Å². The summed E-state index contributed by atoms with van der Waals surface area (Å²) in [5.74, 6) is 0.929. The van der Waals surface area contributed by atoms with Crippen LogP contribution in [-0.2, 0) is 4.79 Å². The van der Waals surface area contributed by atoms with E-state index < -0.39 is 0 Å².